The molecule has 0 bridgehead atoms. The summed E-state index contributed by atoms with van der Waals surface area (Å²) in [5.41, 5.74) is 0.913. The number of likely N-dealkylation sites (tertiary alicyclic amines) is 1. The lowest BCUT2D eigenvalue weighted by Gasteiger charge is -2.26. The Labute approximate surface area is 155 Å². The molecule has 0 spiro atoms. The number of anilines is 1. The first-order valence-corrected chi connectivity index (χ1v) is 8.98. The summed E-state index contributed by atoms with van der Waals surface area (Å²) in [5.74, 6) is -0.175. The SMILES string of the molecule is O=C(CN1CCC[C@H]1c1ccc2c(c1)OCCO2)Nc1cc(F)ccc1F. The minimum Gasteiger partial charge on any atom is -0.486 e. The van der Waals surface area contributed by atoms with Gasteiger partial charge in [0.15, 0.2) is 11.5 Å². The molecule has 1 saturated heterocycles. The number of hydrogen-bond donors (Lipinski definition) is 1. The number of benzene rings is 2. The highest BCUT2D eigenvalue weighted by Gasteiger charge is 2.29. The molecule has 1 amide bonds. The molecule has 4 rings (SSSR count). The lowest BCUT2D eigenvalue weighted by Crippen LogP contribution is -2.33. The zero-order valence-electron chi connectivity index (χ0n) is 14.7. The second-order valence-electron chi connectivity index (χ2n) is 6.70. The minimum absolute atomic E-state index is 0.0731. The molecule has 1 atom stereocenters. The zero-order chi connectivity index (χ0) is 18.8. The molecule has 0 unspecified atom stereocenters. The van der Waals surface area contributed by atoms with E-state index in [2.05, 4.69) is 5.32 Å². The summed E-state index contributed by atoms with van der Waals surface area (Å²) < 4.78 is 38.2. The Hall–Kier alpha value is -2.67. The Morgan fingerprint density at radius 2 is 1.93 bits per heavy atom. The second kappa shape index (κ2) is 7.52. The number of nitrogens with one attached hydrogen (secondary N) is 1. The molecular weight excluding hydrogens is 354 g/mol. The molecule has 0 aromatic heterocycles. The van der Waals surface area contributed by atoms with Crippen LogP contribution in [0.3, 0.4) is 0 Å². The molecule has 1 fully saturated rings. The zero-order valence-corrected chi connectivity index (χ0v) is 14.7. The molecule has 5 nitrogen and oxygen atoms in total. The van der Waals surface area contributed by atoms with Crippen molar-refractivity contribution in [2.24, 2.45) is 0 Å². The lowest BCUT2D eigenvalue weighted by molar-refractivity contribution is -0.117. The first kappa shape index (κ1) is 17.7. The van der Waals surface area contributed by atoms with Crippen molar-refractivity contribution in [2.75, 3.05) is 31.6 Å². The largest absolute Gasteiger partial charge is 0.486 e. The van der Waals surface area contributed by atoms with Gasteiger partial charge in [-0.3, -0.25) is 9.69 Å². The third-order valence-electron chi connectivity index (χ3n) is 4.86. The third kappa shape index (κ3) is 3.88. The third-order valence-corrected chi connectivity index (χ3v) is 4.86. The number of nitrogens with zero attached hydrogens (tertiary/aromatic N) is 1. The van der Waals surface area contributed by atoms with Gasteiger partial charge in [-0.05, 0) is 49.2 Å². The first-order chi connectivity index (χ1) is 13.1. The van der Waals surface area contributed by atoms with Crippen molar-refractivity contribution in [1.29, 1.82) is 0 Å². The fourth-order valence-corrected chi connectivity index (χ4v) is 3.63. The van der Waals surface area contributed by atoms with Crippen molar-refractivity contribution < 1.29 is 23.0 Å². The van der Waals surface area contributed by atoms with Gasteiger partial charge in [-0.25, -0.2) is 8.78 Å². The van der Waals surface area contributed by atoms with Crippen LogP contribution in [0.2, 0.25) is 0 Å². The van der Waals surface area contributed by atoms with Crippen LogP contribution >= 0.6 is 0 Å². The average Bonchev–Trinajstić information content (AvgIpc) is 3.12. The van der Waals surface area contributed by atoms with Gasteiger partial charge in [-0.1, -0.05) is 6.07 Å². The van der Waals surface area contributed by atoms with Gasteiger partial charge in [0, 0.05) is 12.1 Å². The molecule has 0 aliphatic carbocycles. The molecule has 2 aromatic carbocycles. The molecule has 0 saturated carbocycles. The molecule has 27 heavy (non-hydrogen) atoms. The smallest absolute Gasteiger partial charge is 0.238 e. The van der Waals surface area contributed by atoms with Gasteiger partial charge in [0.2, 0.25) is 5.91 Å². The van der Waals surface area contributed by atoms with Crippen molar-refractivity contribution in [2.45, 2.75) is 18.9 Å². The van der Waals surface area contributed by atoms with E-state index in [-0.39, 0.29) is 24.2 Å². The highest BCUT2D eigenvalue weighted by atomic mass is 19.1. The molecule has 2 aliphatic rings. The normalized spacial score (nSPS) is 19.1. The second-order valence-corrected chi connectivity index (χ2v) is 6.70. The van der Waals surface area contributed by atoms with E-state index in [1.165, 1.54) is 0 Å². The molecule has 7 heteroatoms. The summed E-state index contributed by atoms with van der Waals surface area (Å²) in [7, 11) is 0. The Balaban J connectivity index is 1.45. The molecule has 2 heterocycles. The summed E-state index contributed by atoms with van der Waals surface area (Å²) in [6, 6.07) is 8.91. The van der Waals surface area contributed by atoms with Crippen LogP contribution < -0.4 is 14.8 Å². The number of carbonyl (C=O) groups is 1. The average molecular weight is 374 g/mol. The Morgan fingerprint density at radius 3 is 2.78 bits per heavy atom. The fraction of sp³-hybridized carbons (Fsp3) is 0.350. The Bertz CT molecular complexity index is 859. The van der Waals surface area contributed by atoms with Crippen molar-refractivity contribution in [3.63, 3.8) is 0 Å². The van der Waals surface area contributed by atoms with Crippen molar-refractivity contribution in [3.05, 3.63) is 53.6 Å². The monoisotopic (exact) mass is 374 g/mol. The summed E-state index contributed by atoms with van der Waals surface area (Å²) >= 11 is 0. The van der Waals surface area contributed by atoms with Crippen LogP contribution in [0, 0.1) is 11.6 Å². The van der Waals surface area contributed by atoms with Gasteiger partial charge in [0.25, 0.3) is 0 Å². The molecule has 1 N–H and O–H groups in total. The van der Waals surface area contributed by atoms with Crippen LogP contribution in [-0.2, 0) is 4.79 Å². The van der Waals surface area contributed by atoms with E-state index in [4.69, 9.17) is 9.47 Å². The van der Waals surface area contributed by atoms with Gasteiger partial charge >= 0.3 is 0 Å². The van der Waals surface area contributed by atoms with E-state index in [0.29, 0.717) is 13.2 Å². The number of rotatable bonds is 4. The Morgan fingerprint density at radius 1 is 1.11 bits per heavy atom. The number of hydrogen-bond acceptors (Lipinski definition) is 4. The maximum Gasteiger partial charge on any atom is 0.238 e. The maximum absolute atomic E-state index is 13.7. The Kier molecular flexibility index (Phi) is 4.94. The number of ether oxygens (including phenoxy) is 2. The topological polar surface area (TPSA) is 50.8 Å². The standard InChI is InChI=1S/C20H20F2N2O3/c21-14-4-5-15(22)16(11-14)23-20(25)12-24-7-1-2-17(24)13-3-6-18-19(10-13)27-9-8-26-18/h3-6,10-11,17H,1-2,7-9,12H2,(H,23,25)/t17-/m0/s1. The van der Waals surface area contributed by atoms with Crippen molar-refractivity contribution in [1.82, 2.24) is 4.90 Å². The lowest BCUT2D eigenvalue weighted by atomic mass is 10.0. The van der Waals surface area contributed by atoms with E-state index < -0.39 is 11.6 Å². The van der Waals surface area contributed by atoms with E-state index in [0.717, 1.165) is 54.6 Å². The fourth-order valence-electron chi connectivity index (χ4n) is 3.63. The number of amides is 1. The molecule has 2 aromatic rings. The summed E-state index contributed by atoms with van der Waals surface area (Å²) in [4.78, 5) is 14.4. The van der Waals surface area contributed by atoms with Gasteiger partial charge in [-0.15, -0.1) is 0 Å². The van der Waals surface area contributed by atoms with Crippen LogP contribution in [0.1, 0.15) is 24.4 Å². The number of fused-ring (bicyclic) bond motifs is 1. The molecule has 142 valence electrons. The van der Waals surface area contributed by atoms with Crippen LogP contribution in [0.5, 0.6) is 11.5 Å². The van der Waals surface area contributed by atoms with Gasteiger partial charge < -0.3 is 14.8 Å². The van der Waals surface area contributed by atoms with E-state index >= 15 is 0 Å². The maximum atomic E-state index is 13.7. The molecule has 2 aliphatic heterocycles. The van der Waals surface area contributed by atoms with Crippen LogP contribution in [0.25, 0.3) is 0 Å². The van der Waals surface area contributed by atoms with Crippen molar-refractivity contribution in [3.8, 4) is 11.5 Å². The van der Waals surface area contributed by atoms with Gasteiger partial charge in [0.1, 0.15) is 24.8 Å². The molecular formula is C20H20F2N2O3. The summed E-state index contributed by atoms with van der Waals surface area (Å²) in [6.45, 7) is 1.93. The molecule has 0 radical (unpaired) electrons. The van der Waals surface area contributed by atoms with Crippen LogP contribution in [0.4, 0.5) is 14.5 Å². The summed E-state index contributed by atoms with van der Waals surface area (Å²) in [6.07, 6.45) is 1.88. The van der Waals surface area contributed by atoms with Gasteiger partial charge in [-0.2, -0.15) is 0 Å². The van der Waals surface area contributed by atoms with E-state index in [1.807, 2.05) is 23.1 Å². The highest BCUT2D eigenvalue weighted by Crippen LogP contribution is 2.37. The predicted molar refractivity (Wildman–Crippen MR) is 96.0 cm³/mol. The van der Waals surface area contributed by atoms with Gasteiger partial charge in [0.05, 0.1) is 12.2 Å². The predicted octanol–water partition coefficient (Wildman–Crippen LogP) is 3.51. The first-order valence-electron chi connectivity index (χ1n) is 8.98. The summed E-state index contributed by atoms with van der Waals surface area (Å²) in [5, 5.41) is 2.46. The van der Waals surface area contributed by atoms with Crippen molar-refractivity contribution >= 4 is 11.6 Å². The van der Waals surface area contributed by atoms with E-state index in [9.17, 15) is 13.6 Å². The van der Waals surface area contributed by atoms with Crippen LogP contribution in [-0.4, -0.2) is 37.1 Å². The van der Waals surface area contributed by atoms with E-state index in [1.54, 1.807) is 0 Å². The number of halogens is 2. The van der Waals surface area contributed by atoms with Crippen LogP contribution in [0.15, 0.2) is 36.4 Å². The quantitative estimate of drug-likeness (QED) is 0.890. The number of carbonyl (C=O) groups excluding carboxylic acids is 1. The highest BCUT2D eigenvalue weighted by molar-refractivity contribution is 5.92. The minimum atomic E-state index is -0.658.